The lowest BCUT2D eigenvalue weighted by Crippen LogP contribution is -2.52. The smallest absolute Gasteiger partial charge is 0.255 e. The van der Waals surface area contributed by atoms with Crippen LogP contribution in [0.3, 0.4) is 0 Å². The van der Waals surface area contributed by atoms with Gasteiger partial charge in [0.25, 0.3) is 5.91 Å². The zero-order valence-electron chi connectivity index (χ0n) is 19.2. The minimum atomic E-state index is -4.01. The van der Waals surface area contributed by atoms with Crippen molar-refractivity contribution in [2.45, 2.75) is 43.2 Å². The number of sulfonamides is 1. The van der Waals surface area contributed by atoms with Crippen LogP contribution in [0.15, 0.2) is 71.6 Å². The number of carbonyl (C=O) groups excluding carboxylic acids is 1. The van der Waals surface area contributed by atoms with Crippen LogP contribution in [0.25, 0.3) is 0 Å². The van der Waals surface area contributed by atoms with Crippen LogP contribution in [0.4, 0.5) is 10.1 Å². The van der Waals surface area contributed by atoms with Crippen LogP contribution in [0.1, 0.15) is 40.4 Å². The fourth-order valence-electron chi connectivity index (χ4n) is 4.58. The van der Waals surface area contributed by atoms with Gasteiger partial charge in [0, 0.05) is 18.3 Å². The first-order valence-electron chi connectivity index (χ1n) is 11.0. The Labute approximate surface area is 199 Å². The van der Waals surface area contributed by atoms with Crippen LogP contribution in [0, 0.1) is 12.7 Å². The second-order valence-corrected chi connectivity index (χ2v) is 10.8. The topological polar surface area (TPSA) is 86.7 Å². The third kappa shape index (κ3) is 4.36. The molecule has 0 bridgehead atoms. The summed E-state index contributed by atoms with van der Waals surface area (Å²) in [5, 5.41) is 14.0. The number of fused-ring (bicyclic) bond motifs is 1. The number of nitrogens with one attached hydrogen (secondary N) is 1. The molecule has 8 heteroatoms. The first-order valence-corrected chi connectivity index (χ1v) is 12.4. The van der Waals surface area contributed by atoms with Crippen LogP contribution in [0.5, 0.6) is 0 Å². The Morgan fingerprint density at radius 2 is 1.85 bits per heavy atom. The molecule has 4 rings (SSSR count). The molecule has 0 heterocycles. The summed E-state index contributed by atoms with van der Waals surface area (Å²) in [6.07, 6.45) is 1.11. The van der Waals surface area contributed by atoms with Crippen LogP contribution >= 0.6 is 0 Å². The highest BCUT2D eigenvalue weighted by Crippen LogP contribution is 2.39. The zero-order valence-corrected chi connectivity index (χ0v) is 20.1. The number of benzene rings is 3. The van der Waals surface area contributed by atoms with Gasteiger partial charge in [-0.15, -0.1) is 0 Å². The number of aryl methyl sites for hydroxylation is 2. The maximum atomic E-state index is 13.5. The third-order valence-corrected chi connectivity index (χ3v) is 8.39. The first-order chi connectivity index (χ1) is 16.0. The largest absolute Gasteiger partial charge is 0.384 e. The monoisotopic (exact) mass is 482 g/mol. The van der Waals surface area contributed by atoms with Crippen LogP contribution in [-0.4, -0.2) is 36.8 Å². The fraction of sp³-hybridized carbons (Fsp3) is 0.269. The standard InChI is InChI=1S/C26H27FN2O4S/c1-17-15-20(12-13-23(17)27)28-25(30)19-8-6-9-21(16-19)34(32,33)29(3)24-14-11-18-7-4-5-10-22(18)26(24,2)31/h4-10,12-13,15-16,24,31H,11,14H2,1-3H3,(H,28,30). The molecule has 0 aliphatic heterocycles. The SMILES string of the molecule is Cc1cc(NC(=O)c2cccc(S(=O)(=O)N(C)C3CCc4ccccc4C3(C)O)c2)ccc1F. The lowest BCUT2D eigenvalue weighted by atomic mass is 9.77. The van der Waals surface area contributed by atoms with Gasteiger partial charge in [0.05, 0.1) is 10.9 Å². The molecule has 178 valence electrons. The molecule has 0 saturated heterocycles. The first kappa shape index (κ1) is 24.1. The number of halogens is 1. The number of hydrogen-bond acceptors (Lipinski definition) is 4. The van der Waals surface area contributed by atoms with E-state index in [9.17, 15) is 22.7 Å². The van der Waals surface area contributed by atoms with E-state index in [-0.39, 0.29) is 16.3 Å². The van der Waals surface area contributed by atoms with Gasteiger partial charge >= 0.3 is 0 Å². The number of carbonyl (C=O) groups is 1. The van der Waals surface area contributed by atoms with E-state index in [4.69, 9.17) is 0 Å². The van der Waals surface area contributed by atoms with Crippen molar-refractivity contribution in [1.29, 1.82) is 0 Å². The Hall–Kier alpha value is -3.07. The second-order valence-electron chi connectivity index (χ2n) is 8.83. The second kappa shape index (κ2) is 8.94. The molecule has 6 nitrogen and oxygen atoms in total. The maximum absolute atomic E-state index is 13.5. The van der Waals surface area contributed by atoms with Crippen molar-refractivity contribution in [3.63, 3.8) is 0 Å². The number of likely N-dealkylation sites (N-methyl/N-ethyl adjacent to an activating group) is 1. The predicted molar refractivity (Wildman–Crippen MR) is 129 cm³/mol. The van der Waals surface area contributed by atoms with Crippen molar-refractivity contribution in [3.05, 3.63) is 94.8 Å². The molecule has 1 aliphatic carbocycles. The predicted octanol–water partition coefficient (Wildman–Crippen LogP) is 4.23. The Morgan fingerprint density at radius 3 is 2.59 bits per heavy atom. The summed E-state index contributed by atoms with van der Waals surface area (Å²) in [6.45, 7) is 3.23. The summed E-state index contributed by atoms with van der Waals surface area (Å²) < 4.78 is 41.7. The molecule has 0 fully saturated rings. The van der Waals surface area contributed by atoms with Gasteiger partial charge in [0.1, 0.15) is 11.4 Å². The third-order valence-electron chi connectivity index (χ3n) is 6.53. The number of rotatable bonds is 5. The lowest BCUT2D eigenvalue weighted by molar-refractivity contribution is -0.0176. The van der Waals surface area contributed by atoms with E-state index in [1.165, 1.54) is 53.8 Å². The Kier molecular flexibility index (Phi) is 6.33. The molecule has 0 spiro atoms. The van der Waals surface area contributed by atoms with Gasteiger partial charge in [-0.25, -0.2) is 12.8 Å². The van der Waals surface area contributed by atoms with Crippen LogP contribution in [0.2, 0.25) is 0 Å². The number of nitrogens with zero attached hydrogens (tertiary/aromatic N) is 1. The molecule has 2 atom stereocenters. The van der Waals surface area contributed by atoms with Crippen LogP contribution in [-0.2, 0) is 22.0 Å². The molecule has 1 amide bonds. The molecule has 0 saturated carbocycles. The molecule has 2 unspecified atom stereocenters. The number of anilines is 1. The lowest BCUT2D eigenvalue weighted by Gasteiger charge is -2.43. The highest BCUT2D eigenvalue weighted by molar-refractivity contribution is 7.89. The quantitative estimate of drug-likeness (QED) is 0.570. The van der Waals surface area contributed by atoms with Crippen molar-refractivity contribution in [2.75, 3.05) is 12.4 Å². The molecule has 1 aliphatic rings. The van der Waals surface area contributed by atoms with E-state index < -0.39 is 27.6 Å². The molecule has 0 radical (unpaired) electrons. The van der Waals surface area contributed by atoms with Gasteiger partial charge in [-0.1, -0.05) is 30.3 Å². The summed E-state index contributed by atoms with van der Waals surface area (Å²) in [7, 11) is -2.55. The summed E-state index contributed by atoms with van der Waals surface area (Å²) in [4.78, 5) is 12.7. The van der Waals surface area contributed by atoms with Gasteiger partial charge in [-0.2, -0.15) is 4.31 Å². The zero-order chi connectivity index (χ0) is 24.7. The molecule has 3 aromatic carbocycles. The van der Waals surface area contributed by atoms with Crippen molar-refractivity contribution < 1.29 is 22.7 Å². The van der Waals surface area contributed by atoms with Crippen molar-refractivity contribution in [2.24, 2.45) is 0 Å². The van der Waals surface area contributed by atoms with E-state index >= 15 is 0 Å². The summed E-state index contributed by atoms with van der Waals surface area (Å²) in [6, 6.07) is 16.8. The van der Waals surface area contributed by atoms with E-state index in [0.717, 1.165) is 11.1 Å². The van der Waals surface area contributed by atoms with E-state index in [0.29, 0.717) is 24.1 Å². The van der Waals surface area contributed by atoms with Crippen molar-refractivity contribution >= 4 is 21.6 Å². The Balaban J connectivity index is 1.60. The number of aliphatic hydroxyl groups is 1. The van der Waals surface area contributed by atoms with Gasteiger partial charge in [-0.05, 0) is 79.8 Å². The summed E-state index contributed by atoms with van der Waals surface area (Å²) in [5.74, 6) is -0.889. The molecule has 2 N–H and O–H groups in total. The van der Waals surface area contributed by atoms with Crippen molar-refractivity contribution in [3.8, 4) is 0 Å². The minimum absolute atomic E-state index is 0.0485. The van der Waals surface area contributed by atoms with Crippen LogP contribution < -0.4 is 5.32 Å². The molecule has 0 aromatic heterocycles. The summed E-state index contributed by atoms with van der Waals surface area (Å²) in [5.41, 5.74) is 1.30. The maximum Gasteiger partial charge on any atom is 0.255 e. The van der Waals surface area contributed by atoms with Gasteiger partial charge < -0.3 is 10.4 Å². The normalized spacial score (nSPS) is 20.1. The average Bonchev–Trinajstić information content (AvgIpc) is 2.81. The average molecular weight is 483 g/mol. The van der Waals surface area contributed by atoms with E-state index in [1.54, 1.807) is 13.8 Å². The van der Waals surface area contributed by atoms with Gasteiger partial charge in [-0.3, -0.25) is 4.79 Å². The Morgan fingerprint density at radius 1 is 1.12 bits per heavy atom. The number of hydrogen-bond donors (Lipinski definition) is 2. The van der Waals surface area contributed by atoms with Gasteiger partial charge in [0.2, 0.25) is 10.0 Å². The van der Waals surface area contributed by atoms with Crippen molar-refractivity contribution in [1.82, 2.24) is 4.31 Å². The number of amides is 1. The van der Waals surface area contributed by atoms with E-state index in [2.05, 4.69) is 5.32 Å². The highest BCUT2D eigenvalue weighted by Gasteiger charge is 2.44. The van der Waals surface area contributed by atoms with E-state index in [1.807, 2.05) is 24.3 Å². The highest BCUT2D eigenvalue weighted by atomic mass is 32.2. The summed E-state index contributed by atoms with van der Waals surface area (Å²) >= 11 is 0. The molecule has 3 aromatic rings. The minimum Gasteiger partial charge on any atom is -0.384 e. The Bertz CT molecular complexity index is 1350. The molecular weight excluding hydrogens is 455 g/mol. The fourth-order valence-corrected chi connectivity index (χ4v) is 6.08. The molecular formula is C26H27FN2O4S. The molecule has 34 heavy (non-hydrogen) atoms. The van der Waals surface area contributed by atoms with Gasteiger partial charge in [0.15, 0.2) is 0 Å².